The predicted molar refractivity (Wildman–Crippen MR) is 112 cm³/mol. The normalized spacial score (nSPS) is 16.2. The number of carbonyl (C=O) groups excluding carboxylic acids is 2. The summed E-state index contributed by atoms with van der Waals surface area (Å²) in [6.45, 7) is 1.86. The average Bonchev–Trinajstić information content (AvgIpc) is 3.10. The van der Waals surface area contributed by atoms with Crippen molar-refractivity contribution in [2.24, 2.45) is 5.14 Å². The van der Waals surface area contributed by atoms with Gasteiger partial charge in [-0.25, -0.2) is 22.7 Å². The molecular formula is C21H22FN3O5S. The summed E-state index contributed by atoms with van der Waals surface area (Å²) in [4.78, 5) is 25.0. The summed E-state index contributed by atoms with van der Waals surface area (Å²) in [6.07, 6.45) is 0.858. The second-order valence-corrected chi connectivity index (χ2v) is 8.44. The zero-order valence-corrected chi connectivity index (χ0v) is 17.5. The summed E-state index contributed by atoms with van der Waals surface area (Å²) in [5.74, 6) is -1.49. The number of ether oxygens (including phenoxy) is 1. The van der Waals surface area contributed by atoms with Gasteiger partial charge in [0.2, 0.25) is 10.0 Å². The molecule has 0 saturated carbocycles. The van der Waals surface area contributed by atoms with Crippen molar-refractivity contribution in [3.63, 3.8) is 0 Å². The Morgan fingerprint density at radius 2 is 1.90 bits per heavy atom. The molecule has 0 saturated heterocycles. The maximum absolute atomic E-state index is 13.5. The van der Waals surface area contributed by atoms with Crippen LogP contribution in [0.5, 0.6) is 0 Å². The van der Waals surface area contributed by atoms with E-state index in [1.54, 1.807) is 19.1 Å². The largest absolute Gasteiger partial charge is 0.463 e. The molecule has 0 bridgehead atoms. The van der Waals surface area contributed by atoms with Crippen molar-refractivity contribution in [2.75, 3.05) is 11.9 Å². The lowest BCUT2D eigenvalue weighted by Crippen LogP contribution is -2.33. The summed E-state index contributed by atoms with van der Waals surface area (Å²) >= 11 is 0. The average molecular weight is 447 g/mol. The van der Waals surface area contributed by atoms with Crippen molar-refractivity contribution in [1.82, 2.24) is 5.32 Å². The van der Waals surface area contributed by atoms with Crippen LogP contribution >= 0.6 is 0 Å². The predicted octanol–water partition coefficient (Wildman–Crippen LogP) is 2.29. The molecule has 1 amide bonds. The van der Waals surface area contributed by atoms with Gasteiger partial charge in [-0.1, -0.05) is 6.07 Å². The minimum Gasteiger partial charge on any atom is -0.463 e. The van der Waals surface area contributed by atoms with E-state index in [1.165, 1.54) is 36.4 Å². The van der Waals surface area contributed by atoms with Gasteiger partial charge in [-0.05, 0) is 62.2 Å². The zero-order valence-electron chi connectivity index (χ0n) is 16.7. The van der Waals surface area contributed by atoms with Gasteiger partial charge in [0.25, 0.3) is 5.91 Å². The van der Waals surface area contributed by atoms with Crippen LogP contribution in [-0.4, -0.2) is 32.9 Å². The number of nitrogens with two attached hydrogens (primary N) is 1. The molecule has 3 rings (SSSR count). The first-order valence-electron chi connectivity index (χ1n) is 9.55. The number of hydrogen-bond acceptors (Lipinski definition) is 6. The van der Waals surface area contributed by atoms with Crippen LogP contribution < -0.4 is 15.8 Å². The smallest absolute Gasteiger partial charge is 0.335 e. The Balaban J connectivity index is 1.86. The third kappa shape index (κ3) is 5.47. The number of nitrogens with one attached hydrogen (secondary N) is 2. The monoisotopic (exact) mass is 447 g/mol. The molecule has 0 aromatic heterocycles. The van der Waals surface area contributed by atoms with Crippen LogP contribution in [0.15, 0.2) is 64.7 Å². The van der Waals surface area contributed by atoms with Gasteiger partial charge in [0.1, 0.15) is 5.82 Å². The highest BCUT2D eigenvalue weighted by Gasteiger charge is 2.32. The molecule has 0 radical (unpaired) electrons. The lowest BCUT2D eigenvalue weighted by molar-refractivity contribution is -0.138. The Bertz CT molecular complexity index is 1130. The standard InChI is InChI=1S/C21H22FN3O5S/c1-2-30-21(27)17-10-11-18(24-15-5-3-4-14(22)12-15)19(17)25-20(26)13-6-8-16(9-7-13)31(23,28)29/h3-9,12,18,24H,2,10-11H2,1H3,(H,25,26)(H2,23,28,29). The molecule has 1 aliphatic carbocycles. The third-order valence-corrected chi connectivity index (χ3v) is 5.67. The van der Waals surface area contributed by atoms with E-state index >= 15 is 0 Å². The van der Waals surface area contributed by atoms with Gasteiger partial charge in [-0.2, -0.15) is 0 Å². The second kappa shape index (κ2) is 9.27. The first-order chi connectivity index (χ1) is 14.7. The number of sulfonamides is 1. The Hall–Kier alpha value is -3.24. The number of halogens is 1. The maximum atomic E-state index is 13.5. The third-order valence-electron chi connectivity index (χ3n) is 4.74. The zero-order chi connectivity index (χ0) is 22.6. The Kier molecular flexibility index (Phi) is 6.71. The van der Waals surface area contributed by atoms with Gasteiger partial charge in [0.15, 0.2) is 0 Å². The molecule has 0 fully saturated rings. The van der Waals surface area contributed by atoms with Gasteiger partial charge in [0.05, 0.1) is 28.8 Å². The first kappa shape index (κ1) is 22.4. The van der Waals surface area contributed by atoms with E-state index in [4.69, 9.17) is 9.88 Å². The summed E-state index contributed by atoms with van der Waals surface area (Å²) in [7, 11) is -3.88. The molecule has 4 N–H and O–H groups in total. The van der Waals surface area contributed by atoms with Crippen molar-refractivity contribution in [3.8, 4) is 0 Å². The van der Waals surface area contributed by atoms with Crippen LogP contribution in [0, 0.1) is 5.82 Å². The van der Waals surface area contributed by atoms with E-state index in [-0.39, 0.29) is 17.1 Å². The summed E-state index contributed by atoms with van der Waals surface area (Å²) in [5.41, 5.74) is 1.34. The van der Waals surface area contributed by atoms with E-state index in [0.29, 0.717) is 29.8 Å². The number of hydrogen-bond donors (Lipinski definition) is 3. The number of esters is 1. The molecule has 2 aromatic rings. The number of primary sulfonamides is 1. The second-order valence-electron chi connectivity index (χ2n) is 6.88. The SMILES string of the molecule is CCOC(=O)C1=C(NC(=O)c2ccc(S(N)(=O)=O)cc2)C(Nc2cccc(F)c2)CC1. The van der Waals surface area contributed by atoms with Crippen LogP contribution in [0.3, 0.4) is 0 Å². The summed E-state index contributed by atoms with van der Waals surface area (Å²) < 4.78 is 41.4. The Morgan fingerprint density at radius 1 is 1.19 bits per heavy atom. The van der Waals surface area contributed by atoms with E-state index in [0.717, 1.165) is 0 Å². The number of amides is 1. The first-order valence-corrected chi connectivity index (χ1v) is 11.1. The summed E-state index contributed by atoms with van der Waals surface area (Å²) in [5, 5.41) is 10.9. The fourth-order valence-electron chi connectivity index (χ4n) is 3.29. The molecule has 31 heavy (non-hydrogen) atoms. The molecule has 8 nitrogen and oxygen atoms in total. The van der Waals surface area contributed by atoms with Crippen LogP contribution in [-0.2, 0) is 19.6 Å². The number of benzene rings is 2. The van der Waals surface area contributed by atoms with Crippen molar-refractivity contribution >= 4 is 27.6 Å². The Morgan fingerprint density at radius 3 is 2.52 bits per heavy atom. The molecule has 0 spiro atoms. The highest BCUT2D eigenvalue weighted by Crippen LogP contribution is 2.29. The molecule has 164 valence electrons. The Labute approximate surface area is 179 Å². The topological polar surface area (TPSA) is 128 Å². The van der Waals surface area contributed by atoms with Gasteiger partial charge < -0.3 is 15.4 Å². The number of rotatable bonds is 7. The molecule has 10 heteroatoms. The number of carbonyl (C=O) groups is 2. The highest BCUT2D eigenvalue weighted by atomic mass is 32.2. The van der Waals surface area contributed by atoms with Crippen molar-refractivity contribution in [3.05, 3.63) is 71.2 Å². The fourth-order valence-corrected chi connectivity index (χ4v) is 3.80. The maximum Gasteiger partial charge on any atom is 0.335 e. The molecule has 2 aromatic carbocycles. The van der Waals surface area contributed by atoms with E-state index in [1.807, 2.05) is 0 Å². The number of anilines is 1. The van der Waals surface area contributed by atoms with E-state index in [9.17, 15) is 22.4 Å². The minimum atomic E-state index is -3.88. The molecule has 1 unspecified atom stereocenters. The molecule has 0 heterocycles. The van der Waals surface area contributed by atoms with Crippen LogP contribution in [0.2, 0.25) is 0 Å². The molecule has 0 aliphatic heterocycles. The molecular weight excluding hydrogens is 425 g/mol. The lowest BCUT2D eigenvalue weighted by atomic mass is 10.1. The van der Waals surface area contributed by atoms with Gasteiger partial charge in [-0.15, -0.1) is 0 Å². The van der Waals surface area contributed by atoms with Crippen molar-refractivity contribution in [2.45, 2.75) is 30.7 Å². The van der Waals surface area contributed by atoms with Gasteiger partial charge in [-0.3, -0.25) is 4.79 Å². The van der Waals surface area contributed by atoms with E-state index < -0.39 is 33.8 Å². The van der Waals surface area contributed by atoms with Gasteiger partial charge >= 0.3 is 5.97 Å². The van der Waals surface area contributed by atoms with Crippen LogP contribution in [0.1, 0.15) is 30.1 Å². The minimum absolute atomic E-state index is 0.123. The van der Waals surface area contributed by atoms with Crippen LogP contribution in [0.25, 0.3) is 0 Å². The summed E-state index contributed by atoms with van der Waals surface area (Å²) in [6, 6.07) is 10.5. The van der Waals surface area contributed by atoms with Crippen molar-refractivity contribution < 1.29 is 27.1 Å². The molecule has 1 aliphatic rings. The lowest BCUT2D eigenvalue weighted by Gasteiger charge is -2.20. The molecule has 1 atom stereocenters. The highest BCUT2D eigenvalue weighted by molar-refractivity contribution is 7.89. The fraction of sp³-hybridized carbons (Fsp3) is 0.238. The van der Waals surface area contributed by atoms with Gasteiger partial charge in [0, 0.05) is 11.3 Å². The quantitative estimate of drug-likeness (QED) is 0.559. The van der Waals surface area contributed by atoms with Crippen molar-refractivity contribution in [1.29, 1.82) is 0 Å². The van der Waals surface area contributed by atoms with Crippen LogP contribution in [0.4, 0.5) is 10.1 Å². The van der Waals surface area contributed by atoms with E-state index in [2.05, 4.69) is 10.6 Å².